The molecule has 3 atom stereocenters. The van der Waals surface area contributed by atoms with Crippen molar-refractivity contribution in [2.45, 2.75) is 85.5 Å². The fourth-order valence-electron chi connectivity index (χ4n) is 6.38. The summed E-state index contributed by atoms with van der Waals surface area (Å²) < 4.78 is 11.9. The van der Waals surface area contributed by atoms with Crippen LogP contribution in [0.4, 0.5) is 0 Å². The number of benzene rings is 2. The third kappa shape index (κ3) is 4.89. The van der Waals surface area contributed by atoms with Crippen LogP contribution in [0.3, 0.4) is 0 Å². The highest BCUT2D eigenvalue weighted by Gasteiger charge is 2.36. The van der Waals surface area contributed by atoms with Gasteiger partial charge in [0.15, 0.2) is 0 Å². The third-order valence-electron chi connectivity index (χ3n) is 8.18. The van der Waals surface area contributed by atoms with Crippen LogP contribution in [0.25, 0.3) is 0 Å². The van der Waals surface area contributed by atoms with Gasteiger partial charge in [-0.05, 0) is 91.5 Å². The second-order valence-corrected chi connectivity index (χ2v) is 10.0. The first kappa shape index (κ1) is 26.6. The number of methoxy groups -OCH3 is 1. The Morgan fingerprint density at radius 3 is 2.25 bits per heavy atom. The highest BCUT2D eigenvalue weighted by atomic mass is 16.5. The Balaban J connectivity index is 1.95. The predicted octanol–water partition coefficient (Wildman–Crippen LogP) is 6.41. The maximum atomic E-state index is 6.06. The number of aromatic amines is 1. The average Bonchev–Trinajstić information content (AvgIpc) is 3.43. The summed E-state index contributed by atoms with van der Waals surface area (Å²) in [6.07, 6.45) is 7.11. The fourth-order valence-corrected chi connectivity index (χ4v) is 6.38. The van der Waals surface area contributed by atoms with E-state index in [0.717, 1.165) is 39.0 Å². The lowest BCUT2D eigenvalue weighted by Gasteiger charge is -2.43. The van der Waals surface area contributed by atoms with Gasteiger partial charge in [0.05, 0.1) is 24.9 Å². The molecule has 1 aromatic heterocycles. The molecule has 5 heteroatoms. The van der Waals surface area contributed by atoms with E-state index in [9.17, 15) is 0 Å². The van der Waals surface area contributed by atoms with Gasteiger partial charge in [0, 0.05) is 38.1 Å². The normalized spacial score (nSPS) is 17.7. The number of fused-ring (bicyclic) bond motifs is 1. The first-order chi connectivity index (χ1) is 17.5. The first-order valence-electron chi connectivity index (χ1n) is 13.5. The first-order valence-corrected chi connectivity index (χ1v) is 13.5. The van der Waals surface area contributed by atoms with Crippen LogP contribution in [-0.2, 0) is 35.3 Å². The number of aromatic nitrogens is 2. The molecule has 0 saturated heterocycles. The van der Waals surface area contributed by atoms with Crippen LogP contribution in [0.1, 0.15) is 89.9 Å². The van der Waals surface area contributed by atoms with Gasteiger partial charge in [-0.25, -0.2) is 0 Å². The zero-order valence-electron chi connectivity index (χ0n) is 23.1. The minimum absolute atomic E-state index is 0.0706. The number of rotatable bonds is 10. The molecule has 0 spiro atoms. The topological polar surface area (TPSA) is 50.4 Å². The molecule has 3 unspecified atom stereocenters. The molecule has 1 aliphatic rings. The van der Waals surface area contributed by atoms with Gasteiger partial charge in [-0.2, -0.15) is 5.10 Å². The Kier molecular flexibility index (Phi) is 8.66. The van der Waals surface area contributed by atoms with Crippen LogP contribution >= 0.6 is 0 Å². The average molecular weight is 490 g/mol. The van der Waals surface area contributed by atoms with Gasteiger partial charge in [-0.3, -0.25) is 10.00 Å². The SMILES string of the molecule is CCOCC1Cc2ccccc2CN1C(c1cn[nH]c1)c1c(C)c(CC)c(C(C)OC)c(CC)c1C. The number of nitrogens with one attached hydrogen (secondary N) is 1. The Morgan fingerprint density at radius 1 is 1.03 bits per heavy atom. The molecule has 1 aliphatic heterocycles. The number of hydrogen-bond acceptors (Lipinski definition) is 4. The quantitative estimate of drug-likeness (QED) is 0.357. The van der Waals surface area contributed by atoms with Gasteiger partial charge in [0.2, 0.25) is 0 Å². The minimum Gasteiger partial charge on any atom is -0.380 e. The van der Waals surface area contributed by atoms with Crippen molar-refractivity contribution in [3.05, 3.63) is 86.7 Å². The van der Waals surface area contributed by atoms with E-state index in [1.807, 2.05) is 13.3 Å². The number of nitrogens with zero attached hydrogens (tertiary/aromatic N) is 2. The van der Waals surface area contributed by atoms with Gasteiger partial charge in [0.25, 0.3) is 0 Å². The van der Waals surface area contributed by atoms with Crippen LogP contribution < -0.4 is 0 Å². The van der Waals surface area contributed by atoms with Crippen molar-refractivity contribution in [3.63, 3.8) is 0 Å². The molecule has 0 saturated carbocycles. The Morgan fingerprint density at radius 2 is 1.69 bits per heavy atom. The minimum atomic E-state index is 0.0706. The molecule has 1 N–H and O–H groups in total. The molecule has 3 aromatic rings. The van der Waals surface area contributed by atoms with E-state index in [1.165, 1.54) is 50.1 Å². The summed E-state index contributed by atoms with van der Waals surface area (Å²) in [6, 6.07) is 9.25. The number of hydrogen-bond donors (Lipinski definition) is 1. The van der Waals surface area contributed by atoms with E-state index in [1.54, 1.807) is 0 Å². The van der Waals surface area contributed by atoms with Crippen LogP contribution in [0.5, 0.6) is 0 Å². The van der Waals surface area contributed by atoms with E-state index in [2.05, 4.69) is 87.1 Å². The van der Waals surface area contributed by atoms with Crippen molar-refractivity contribution >= 4 is 0 Å². The van der Waals surface area contributed by atoms with E-state index in [4.69, 9.17) is 9.47 Å². The Bertz CT molecular complexity index is 1120. The summed E-state index contributed by atoms with van der Waals surface area (Å²) >= 11 is 0. The van der Waals surface area contributed by atoms with Gasteiger partial charge in [-0.15, -0.1) is 0 Å². The lowest BCUT2D eigenvalue weighted by molar-refractivity contribution is 0.0390. The summed E-state index contributed by atoms with van der Waals surface area (Å²) in [7, 11) is 1.82. The fraction of sp³-hybridized carbons (Fsp3) is 0.516. The van der Waals surface area contributed by atoms with Crippen LogP contribution in [0.15, 0.2) is 36.7 Å². The second kappa shape index (κ2) is 11.7. The van der Waals surface area contributed by atoms with Crippen LogP contribution in [-0.4, -0.2) is 41.5 Å². The molecule has 5 nitrogen and oxygen atoms in total. The highest BCUT2D eigenvalue weighted by Crippen LogP contribution is 2.43. The highest BCUT2D eigenvalue weighted by molar-refractivity contribution is 5.55. The lowest BCUT2D eigenvalue weighted by Crippen LogP contribution is -2.46. The van der Waals surface area contributed by atoms with Crippen LogP contribution in [0, 0.1) is 13.8 Å². The van der Waals surface area contributed by atoms with E-state index in [0.29, 0.717) is 0 Å². The summed E-state index contributed by atoms with van der Waals surface area (Å²) in [5.74, 6) is 0. The van der Waals surface area contributed by atoms with Crippen molar-refractivity contribution in [1.29, 1.82) is 0 Å². The summed E-state index contributed by atoms with van der Waals surface area (Å²) in [6.45, 7) is 15.8. The van der Waals surface area contributed by atoms with Crippen molar-refractivity contribution in [2.75, 3.05) is 20.3 Å². The molecule has 194 valence electrons. The Labute approximate surface area is 217 Å². The maximum Gasteiger partial charge on any atom is 0.0798 e. The zero-order chi connectivity index (χ0) is 25.8. The molecule has 0 bridgehead atoms. The van der Waals surface area contributed by atoms with E-state index in [-0.39, 0.29) is 18.2 Å². The molecule has 0 aliphatic carbocycles. The molecule has 0 radical (unpaired) electrons. The van der Waals surface area contributed by atoms with Gasteiger partial charge >= 0.3 is 0 Å². The molecule has 2 aromatic carbocycles. The number of ether oxygens (including phenoxy) is 2. The lowest BCUT2D eigenvalue weighted by atomic mass is 9.79. The van der Waals surface area contributed by atoms with Crippen molar-refractivity contribution in [1.82, 2.24) is 15.1 Å². The standard InChI is InChI=1S/C31H43N3O2/c1-8-27-20(4)29(21(5)28(9-2)30(27)22(6)35-7)31(25-16-32-33-17-25)34-18-24-14-12-11-13-23(24)15-26(34)19-36-10-3/h11-14,16-17,22,26,31H,8-10,15,18-19H2,1-7H3,(H,32,33). The van der Waals surface area contributed by atoms with Gasteiger partial charge in [0.1, 0.15) is 0 Å². The van der Waals surface area contributed by atoms with Gasteiger partial charge in [-0.1, -0.05) is 38.1 Å². The zero-order valence-corrected chi connectivity index (χ0v) is 23.1. The molecule has 0 amide bonds. The molecular formula is C31H43N3O2. The predicted molar refractivity (Wildman–Crippen MR) is 146 cm³/mol. The summed E-state index contributed by atoms with van der Waals surface area (Å²) in [5.41, 5.74) is 12.5. The van der Waals surface area contributed by atoms with Crippen LogP contribution in [0.2, 0.25) is 0 Å². The van der Waals surface area contributed by atoms with E-state index >= 15 is 0 Å². The summed E-state index contributed by atoms with van der Waals surface area (Å²) in [5, 5.41) is 7.50. The molecule has 4 rings (SSSR count). The van der Waals surface area contributed by atoms with Crippen molar-refractivity contribution < 1.29 is 9.47 Å². The molecule has 0 fully saturated rings. The monoisotopic (exact) mass is 489 g/mol. The van der Waals surface area contributed by atoms with Gasteiger partial charge < -0.3 is 9.47 Å². The third-order valence-corrected chi connectivity index (χ3v) is 8.18. The van der Waals surface area contributed by atoms with Crippen molar-refractivity contribution in [2.24, 2.45) is 0 Å². The molecule has 36 heavy (non-hydrogen) atoms. The maximum absolute atomic E-state index is 6.06. The smallest absolute Gasteiger partial charge is 0.0798 e. The molecular weight excluding hydrogens is 446 g/mol. The van der Waals surface area contributed by atoms with E-state index < -0.39 is 0 Å². The van der Waals surface area contributed by atoms with Crippen molar-refractivity contribution in [3.8, 4) is 0 Å². The Hall–Kier alpha value is -2.47. The number of H-pyrrole nitrogens is 1. The second-order valence-electron chi connectivity index (χ2n) is 10.0. The molecule has 2 heterocycles. The largest absolute Gasteiger partial charge is 0.380 e. The summed E-state index contributed by atoms with van der Waals surface area (Å²) in [4.78, 5) is 2.66.